The van der Waals surface area contributed by atoms with Crippen LogP contribution in [0.15, 0.2) is 32.1 Å². The number of hydrogen-bond donors (Lipinski definition) is 1. The molecular formula is C12H11Br2N3O. The zero-order chi connectivity index (χ0) is 13.1. The number of H-pyrrole nitrogens is 1. The van der Waals surface area contributed by atoms with E-state index in [0.717, 1.165) is 23.0 Å². The van der Waals surface area contributed by atoms with Gasteiger partial charge in [-0.1, -0.05) is 13.3 Å². The Kier molecular flexibility index (Phi) is 4.29. The van der Waals surface area contributed by atoms with Crippen LogP contribution in [0.25, 0.3) is 11.5 Å². The predicted molar refractivity (Wildman–Crippen MR) is 77.5 cm³/mol. The summed E-state index contributed by atoms with van der Waals surface area (Å²) in [5, 5.41) is 0. The standard InChI is InChI=1S/C12H11Br2N3O/c1-2-3-8-10(14)12(18)17-11(16-8)9-5-4-7(13)6-15-9/h4-6H,2-3H2,1H3,(H,16,17,18). The van der Waals surface area contributed by atoms with Gasteiger partial charge in [0.2, 0.25) is 0 Å². The molecule has 0 radical (unpaired) electrons. The fraction of sp³-hybridized carbons (Fsp3) is 0.250. The Morgan fingerprint density at radius 2 is 2.11 bits per heavy atom. The van der Waals surface area contributed by atoms with E-state index in [-0.39, 0.29) is 5.56 Å². The largest absolute Gasteiger partial charge is 0.304 e. The van der Waals surface area contributed by atoms with E-state index in [1.54, 1.807) is 6.20 Å². The fourth-order valence-electron chi connectivity index (χ4n) is 1.55. The summed E-state index contributed by atoms with van der Waals surface area (Å²) in [5.41, 5.74) is 1.24. The highest BCUT2D eigenvalue weighted by Gasteiger charge is 2.10. The molecule has 0 aromatic carbocycles. The van der Waals surface area contributed by atoms with Gasteiger partial charge >= 0.3 is 0 Å². The van der Waals surface area contributed by atoms with E-state index >= 15 is 0 Å². The summed E-state index contributed by atoms with van der Waals surface area (Å²) in [7, 11) is 0. The smallest absolute Gasteiger partial charge is 0.265 e. The molecule has 0 saturated heterocycles. The molecule has 0 bridgehead atoms. The normalized spacial score (nSPS) is 10.6. The highest BCUT2D eigenvalue weighted by molar-refractivity contribution is 9.10. The van der Waals surface area contributed by atoms with Gasteiger partial charge in [-0.3, -0.25) is 9.78 Å². The molecule has 0 unspecified atom stereocenters. The predicted octanol–water partition coefficient (Wildman–Crippen LogP) is 3.31. The number of halogens is 2. The number of hydrogen-bond acceptors (Lipinski definition) is 3. The first kappa shape index (κ1) is 13.4. The van der Waals surface area contributed by atoms with E-state index in [2.05, 4.69) is 46.8 Å². The molecule has 2 rings (SSSR count). The second-order valence-electron chi connectivity index (χ2n) is 3.79. The third-order valence-electron chi connectivity index (χ3n) is 2.39. The molecule has 4 nitrogen and oxygen atoms in total. The van der Waals surface area contributed by atoms with Crippen molar-refractivity contribution >= 4 is 31.9 Å². The van der Waals surface area contributed by atoms with Crippen molar-refractivity contribution in [2.45, 2.75) is 19.8 Å². The molecule has 94 valence electrons. The van der Waals surface area contributed by atoms with Crippen LogP contribution in [0.2, 0.25) is 0 Å². The highest BCUT2D eigenvalue weighted by Crippen LogP contribution is 2.17. The average molecular weight is 373 g/mol. The van der Waals surface area contributed by atoms with Crippen LogP contribution in [-0.4, -0.2) is 15.0 Å². The highest BCUT2D eigenvalue weighted by atomic mass is 79.9. The monoisotopic (exact) mass is 371 g/mol. The minimum atomic E-state index is -0.173. The summed E-state index contributed by atoms with van der Waals surface area (Å²) in [6, 6.07) is 3.68. The minimum Gasteiger partial charge on any atom is -0.304 e. The van der Waals surface area contributed by atoms with Gasteiger partial charge in [-0.2, -0.15) is 0 Å². The van der Waals surface area contributed by atoms with Gasteiger partial charge in [-0.25, -0.2) is 4.98 Å². The number of nitrogens with one attached hydrogen (secondary N) is 1. The maximum Gasteiger partial charge on any atom is 0.265 e. The molecule has 0 aliphatic carbocycles. The van der Waals surface area contributed by atoms with Crippen LogP contribution in [0, 0.1) is 0 Å². The lowest BCUT2D eigenvalue weighted by Gasteiger charge is -2.05. The van der Waals surface area contributed by atoms with Gasteiger partial charge in [-0.15, -0.1) is 0 Å². The Morgan fingerprint density at radius 1 is 1.33 bits per heavy atom. The summed E-state index contributed by atoms with van der Waals surface area (Å²) in [6.45, 7) is 2.05. The van der Waals surface area contributed by atoms with Gasteiger partial charge < -0.3 is 4.98 Å². The average Bonchev–Trinajstić information content (AvgIpc) is 2.36. The summed E-state index contributed by atoms with van der Waals surface area (Å²) in [4.78, 5) is 23.2. The summed E-state index contributed by atoms with van der Waals surface area (Å²) >= 11 is 6.59. The third kappa shape index (κ3) is 2.87. The van der Waals surface area contributed by atoms with Crippen molar-refractivity contribution in [2.75, 3.05) is 0 Å². The quantitative estimate of drug-likeness (QED) is 0.899. The van der Waals surface area contributed by atoms with Crippen molar-refractivity contribution in [3.63, 3.8) is 0 Å². The molecule has 2 aromatic heterocycles. The van der Waals surface area contributed by atoms with Gasteiger partial charge in [0.15, 0.2) is 5.82 Å². The maximum atomic E-state index is 11.8. The lowest BCUT2D eigenvalue weighted by Crippen LogP contribution is -2.14. The third-order valence-corrected chi connectivity index (χ3v) is 3.68. The molecule has 0 atom stereocenters. The van der Waals surface area contributed by atoms with Crippen LogP contribution in [0.5, 0.6) is 0 Å². The van der Waals surface area contributed by atoms with E-state index in [1.807, 2.05) is 19.1 Å². The second kappa shape index (κ2) is 5.75. The molecule has 0 saturated carbocycles. The van der Waals surface area contributed by atoms with Crippen molar-refractivity contribution in [3.8, 4) is 11.5 Å². The first-order valence-corrected chi connectivity index (χ1v) is 7.11. The Balaban J connectivity index is 2.51. The molecular weight excluding hydrogens is 362 g/mol. The van der Waals surface area contributed by atoms with E-state index in [1.165, 1.54) is 0 Å². The van der Waals surface area contributed by atoms with Crippen LogP contribution in [0.1, 0.15) is 19.0 Å². The Bertz CT molecular complexity index is 608. The maximum absolute atomic E-state index is 11.8. The van der Waals surface area contributed by atoms with E-state index in [4.69, 9.17) is 0 Å². The van der Waals surface area contributed by atoms with Gasteiger partial charge in [0.05, 0.1) is 5.69 Å². The number of aromatic nitrogens is 3. The zero-order valence-electron chi connectivity index (χ0n) is 9.70. The fourth-order valence-corrected chi connectivity index (χ4v) is 2.17. The zero-order valence-corrected chi connectivity index (χ0v) is 12.9. The molecule has 0 amide bonds. The topological polar surface area (TPSA) is 58.6 Å². The molecule has 0 aliphatic heterocycles. The summed E-state index contributed by atoms with van der Waals surface area (Å²) in [6.07, 6.45) is 3.37. The van der Waals surface area contributed by atoms with Crippen molar-refractivity contribution in [1.29, 1.82) is 0 Å². The van der Waals surface area contributed by atoms with Crippen LogP contribution >= 0.6 is 31.9 Å². The summed E-state index contributed by atoms with van der Waals surface area (Å²) < 4.78 is 1.39. The van der Waals surface area contributed by atoms with Crippen LogP contribution in [-0.2, 0) is 6.42 Å². The molecule has 0 spiro atoms. The SMILES string of the molecule is CCCc1nc(-c2ccc(Br)cn2)[nH]c(=O)c1Br. The first-order valence-electron chi connectivity index (χ1n) is 5.52. The molecule has 18 heavy (non-hydrogen) atoms. The number of rotatable bonds is 3. The summed E-state index contributed by atoms with van der Waals surface area (Å²) in [5.74, 6) is 0.499. The Labute approximate surface area is 121 Å². The van der Waals surface area contributed by atoms with E-state index in [0.29, 0.717) is 16.0 Å². The number of pyridine rings is 1. The number of aromatic amines is 1. The van der Waals surface area contributed by atoms with E-state index < -0.39 is 0 Å². The molecule has 0 fully saturated rings. The molecule has 2 heterocycles. The van der Waals surface area contributed by atoms with Gasteiger partial charge in [-0.05, 0) is 50.4 Å². The molecule has 1 N–H and O–H groups in total. The Morgan fingerprint density at radius 3 is 2.72 bits per heavy atom. The minimum absolute atomic E-state index is 0.173. The lowest BCUT2D eigenvalue weighted by atomic mass is 10.2. The number of nitrogens with zero attached hydrogens (tertiary/aromatic N) is 2. The molecule has 2 aromatic rings. The van der Waals surface area contributed by atoms with Crippen molar-refractivity contribution in [3.05, 3.63) is 43.3 Å². The van der Waals surface area contributed by atoms with Crippen LogP contribution in [0.3, 0.4) is 0 Å². The van der Waals surface area contributed by atoms with Crippen molar-refractivity contribution in [2.24, 2.45) is 0 Å². The Hall–Kier alpha value is -1.01. The van der Waals surface area contributed by atoms with Gasteiger partial charge in [0.1, 0.15) is 10.2 Å². The van der Waals surface area contributed by atoms with Crippen LogP contribution < -0.4 is 5.56 Å². The van der Waals surface area contributed by atoms with Crippen LogP contribution in [0.4, 0.5) is 0 Å². The van der Waals surface area contributed by atoms with Gasteiger partial charge in [0.25, 0.3) is 5.56 Å². The van der Waals surface area contributed by atoms with Crippen molar-refractivity contribution in [1.82, 2.24) is 15.0 Å². The second-order valence-corrected chi connectivity index (χ2v) is 5.50. The molecule has 0 aliphatic rings. The lowest BCUT2D eigenvalue weighted by molar-refractivity contribution is 0.859. The van der Waals surface area contributed by atoms with E-state index in [9.17, 15) is 4.79 Å². The van der Waals surface area contributed by atoms with Crippen molar-refractivity contribution < 1.29 is 0 Å². The molecule has 6 heteroatoms. The van der Waals surface area contributed by atoms with Gasteiger partial charge in [0, 0.05) is 10.7 Å². The number of aryl methyl sites for hydroxylation is 1. The first-order chi connectivity index (χ1) is 8.61.